The number of para-hydroxylation sites is 1. The van der Waals surface area contributed by atoms with Crippen LogP contribution < -0.4 is 5.32 Å². The number of aromatic hydroxyl groups is 1. The molecule has 0 aliphatic rings. The predicted molar refractivity (Wildman–Crippen MR) is 77.6 cm³/mol. The fourth-order valence-corrected chi connectivity index (χ4v) is 1.99. The topological polar surface area (TPSA) is 101 Å². The Bertz CT molecular complexity index is 830. The SMILES string of the molecule is O=[N+]([O-])c1cc(Nc2ncnc3ccccc23)ccc1O. The van der Waals surface area contributed by atoms with Gasteiger partial charge in [0, 0.05) is 17.1 Å². The second kappa shape index (κ2) is 5.04. The van der Waals surface area contributed by atoms with E-state index in [-0.39, 0.29) is 11.4 Å². The second-order valence-corrected chi connectivity index (χ2v) is 4.33. The molecule has 104 valence electrons. The first kappa shape index (κ1) is 12.8. The van der Waals surface area contributed by atoms with E-state index in [1.165, 1.54) is 18.5 Å². The second-order valence-electron chi connectivity index (χ2n) is 4.33. The van der Waals surface area contributed by atoms with Gasteiger partial charge in [0.2, 0.25) is 0 Å². The lowest BCUT2D eigenvalue weighted by Crippen LogP contribution is -1.97. The molecule has 7 heteroatoms. The van der Waals surface area contributed by atoms with E-state index < -0.39 is 4.92 Å². The minimum atomic E-state index is -0.640. The molecule has 0 fully saturated rings. The number of nitro benzene ring substituents is 1. The first-order valence-electron chi connectivity index (χ1n) is 6.09. The zero-order valence-corrected chi connectivity index (χ0v) is 10.7. The Labute approximate surface area is 119 Å². The van der Waals surface area contributed by atoms with E-state index in [1.807, 2.05) is 24.3 Å². The number of nitro groups is 1. The molecule has 0 aliphatic carbocycles. The molecule has 0 saturated carbocycles. The van der Waals surface area contributed by atoms with Crippen molar-refractivity contribution in [3.63, 3.8) is 0 Å². The molecule has 7 nitrogen and oxygen atoms in total. The first-order chi connectivity index (χ1) is 10.1. The van der Waals surface area contributed by atoms with Crippen LogP contribution in [0.25, 0.3) is 10.9 Å². The first-order valence-corrected chi connectivity index (χ1v) is 6.09. The van der Waals surface area contributed by atoms with Crippen LogP contribution in [0.1, 0.15) is 0 Å². The van der Waals surface area contributed by atoms with Gasteiger partial charge >= 0.3 is 5.69 Å². The van der Waals surface area contributed by atoms with Crippen LogP contribution in [0.5, 0.6) is 5.75 Å². The van der Waals surface area contributed by atoms with Crippen LogP contribution in [0.4, 0.5) is 17.2 Å². The van der Waals surface area contributed by atoms with Crippen LogP contribution >= 0.6 is 0 Å². The highest BCUT2D eigenvalue weighted by atomic mass is 16.6. The van der Waals surface area contributed by atoms with Gasteiger partial charge in [-0.1, -0.05) is 12.1 Å². The average molecular weight is 282 g/mol. The Morgan fingerprint density at radius 3 is 2.76 bits per heavy atom. The molecule has 0 spiro atoms. The lowest BCUT2D eigenvalue weighted by Gasteiger charge is -2.08. The van der Waals surface area contributed by atoms with Crippen LogP contribution in [0.2, 0.25) is 0 Å². The number of phenols is 1. The number of hydrogen-bond donors (Lipinski definition) is 2. The number of anilines is 2. The zero-order chi connectivity index (χ0) is 14.8. The van der Waals surface area contributed by atoms with E-state index in [4.69, 9.17) is 0 Å². The average Bonchev–Trinajstić information content (AvgIpc) is 2.49. The summed E-state index contributed by atoms with van der Waals surface area (Å²) in [6.45, 7) is 0. The summed E-state index contributed by atoms with van der Waals surface area (Å²) in [7, 11) is 0. The van der Waals surface area contributed by atoms with Gasteiger partial charge in [-0.2, -0.15) is 0 Å². The van der Waals surface area contributed by atoms with E-state index >= 15 is 0 Å². The van der Waals surface area contributed by atoms with Crippen molar-refractivity contribution in [1.29, 1.82) is 0 Å². The van der Waals surface area contributed by atoms with Crippen LogP contribution in [0.3, 0.4) is 0 Å². The van der Waals surface area contributed by atoms with Crippen LogP contribution in [0.15, 0.2) is 48.8 Å². The highest BCUT2D eigenvalue weighted by Crippen LogP contribution is 2.30. The Balaban J connectivity index is 2.03. The van der Waals surface area contributed by atoms with Crippen molar-refractivity contribution in [2.45, 2.75) is 0 Å². The highest BCUT2D eigenvalue weighted by molar-refractivity contribution is 5.90. The molecular weight excluding hydrogens is 272 g/mol. The summed E-state index contributed by atoms with van der Waals surface area (Å²) in [5.41, 5.74) is 0.866. The van der Waals surface area contributed by atoms with Crippen molar-refractivity contribution in [2.75, 3.05) is 5.32 Å². The number of nitrogens with zero attached hydrogens (tertiary/aromatic N) is 3. The summed E-state index contributed by atoms with van der Waals surface area (Å²) in [4.78, 5) is 18.5. The molecule has 0 atom stereocenters. The van der Waals surface area contributed by atoms with Crippen molar-refractivity contribution in [3.8, 4) is 5.75 Å². The van der Waals surface area contributed by atoms with Gasteiger partial charge in [0.15, 0.2) is 5.75 Å². The highest BCUT2D eigenvalue weighted by Gasteiger charge is 2.14. The van der Waals surface area contributed by atoms with E-state index in [0.29, 0.717) is 11.5 Å². The van der Waals surface area contributed by atoms with Crippen LogP contribution in [-0.4, -0.2) is 20.0 Å². The molecule has 0 amide bonds. The van der Waals surface area contributed by atoms with Gasteiger partial charge in [-0.05, 0) is 24.3 Å². The number of rotatable bonds is 3. The molecule has 2 N–H and O–H groups in total. The minimum absolute atomic E-state index is 0.363. The summed E-state index contributed by atoms with van der Waals surface area (Å²) in [5.74, 6) is 0.165. The van der Waals surface area contributed by atoms with Crippen LogP contribution in [-0.2, 0) is 0 Å². The fourth-order valence-electron chi connectivity index (χ4n) is 1.99. The number of benzene rings is 2. The smallest absolute Gasteiger partial charge is 0.312 e. The zero-order valence-electron chi connectivity index (χ0n) is 10.7. The third-order valence-electron chi connectivity index (χ3n) is 2.98. The molecule has 1 aromatic heterocycles. The quantitative estimate of drug-likeness (QED) is 0.435. The summed E-state index contributed by atoms with van der Waals surface area (Å²) >= 11 is 0. The molecule has 0 saturated heterocycles. The van der Waals surface area contributed by atoms with E-state index in [0.717, 1.165) is 10.9 Å². The Morgan fingerprint density at radius 2 is 1.95 bits per heavy atom. The summed E-state index contributed by atoms with van der Waals surface area (Å²) in [6.07, 6.45) is 1.42. The summed E-state index contributed by atoms with van der Waals surface area (Å²) < 4.78 is 0. The molecule has 0 aliphatic heterocycles. The number of fused-ring (bicyclic) bond motifs is 1. The number of aromatic nitrogens is 2. The summed E-state index contributed by atoms with van der Waals surface area (Å²) in [5, 5.41) is 24.1. The molecule has 3 rings (SSSR count). The Kier molecular flexibility index (Phi) is 3.07. The van der Waals surface area contributed by atoms with Crippen molar-refractivity contribution in [2.24, 2.45) is 0 Å². The normalized spacial score (nSPS) is 10.5. The van der Waals surface area contributed by atoms with Crippen molar-refractivity contribution >= 4 is 28.1 Å². The van der Waals surface area contributed by atoms with Crippen molar-refractivity contribution < 1.29 is 10.0 Å². The molecule has 3 aromatic rings. The molecule has 21 heavy (non-hydrogen) atoms. The van der Waals surface area contributed by atoms with Crippen LogP contribution in [0, 0.1) is 10.1 Å². The predicted octanol–water partition coefficient (Wildman–Crippen LogP) is 2.99. The third kappa shape index (κ3) is 2.44. The number of nitrogens with one attached hydrogen (secondary N) is 1. The monoisotopic (exact) mass is 282 g/mol. The van der Waals surface area contributed by atoms with Gasteiger partial charge < -0.3 is 10.4 Å². The van der Waals surface area contributed by atoms with E-state index in [2.05, 4.69) is 15.3 Å². The maximum Gasteiger partial charge on any atom is 0.312 e. The summed E-state index contributed by atoms with van der Waals surface area (Å²) in [6, 6.07) is 11.5. The third-order valence-corrected chi connectivity index (χ3v) is 2.98. The lowest BCUT2D eigenvalue weighted by atomic mass is 10.2. The molecule has 2 aromatic carbocycles. The van der Waals surface area contributed by atoms with Gasteiger partial charge in [0.05, 0.1) is 10.4 Å². The number of hydrogen-bond acceptors (Lipinski definition) is 6. The van der Waals surface area contributed by atoms with E-state index in [1.54, 1.807) is 6.07 Å². The van der Waals surface area contributed by atoms with Crippen molar-refractivity contribution in [1.82, 2.24) is 9.97 Å². The number of phenolic OH excluding ortho intramolecular Hbond substituents is 1. The van der Waals surface area contributed by atoms with Crippen molar-refractivity contribution in [3.05, 3.63) is 58.9 Å². The maximum atomic E-state index is 10.8. The Hall–Kier alpha value is -3.22. The molecule has 0 radical (unpaired) electrons. The molecular formula is C14H10N4O3. The van der Waals surface area contributed by atoms with Gasteiger partial charge in [-0.3, -0.25) is 10.1 Å². The van der Waals surface area contributed by atoms with Gasteiger partial charge in [-0.15, -0.1) is 0 Å². The standard InChI is InChI=1S/C14H10N4O3/c19-13-6-5-9(7-12(13)18(20)21)17-14-10-3-1-2-4-11(10)15-8-16-14/h1-8,19H,(H,15,16,17). The largest absolute Gasteiger partial charge is 0.502 e. The molecule has 0 bridgehead atoms. The minimum Gasteiger partial charge on any atom is -0.502 e. The molecule has 0 unspecified atom stereocenters. The fraction of sp³-hybridized carbons (Fsp3) is 0. The van der Waals surface area contributed by atoms with Gasteiger partial charge in [-0.25, -0.2) is 9.97 Å². The Morgan fingerprint density at radius 1 is 1.14 bits per heavy atom. The van der Waals surface area contributed by atoms with Gasteiger partial charge in [0.25, 0.3) is 0 Å². The van der Waals surface area contributed by atoms with E-state index in [9.17, 15) is 15.2 Å². The maximum absolute atomic E-state index is 10.8. The molecule has 1 heterocycles. The van der Waals surface area contributed by atoms with Gasteiger partial charge in [0.1, 0.15) is 12.1 Å². The lowest BCUT2D eigenvalue weighted by molar-refractivity contribution is -0.385.